The average molecular weight is 461 g/mol. The Bertz CT molecular complexity index is 1100. The number of nitrogens with zero attached hydrogens (tertiary/aromatic N) is 3. The van der Waals surface area contributed by atoms with Gasteiger partial charge in [0.15, 0.2) is 0 Å². The van der Waals surface area contributed by atoms with Gasteiger partial charge in [0.25, 0.3) is 0 Å². The van der Waals surface area contributed by atoms with Crippen molar-refractivity contribution < 1.29 is 5.11 Å². The molecule has 5 rings (SSSR count). The first-order chi connectivity index (χ1) is 16.5. The molecule has 2 aliphatic rings. The predicted octanol–water partition coefficient (Wildman–Crippen LogP) is 5.80. The van der Waals surface area contributed by atoms with E-state index in [0.29, 0.717) is 5.92 Å². The van der Waals surface area contributed by atoms with Crippen LogP contribution in [0.15, 0.2) is 36.5 Å². The molecule has 34 heavy (non-hydrogen) atoms. The molecule has 0 spiro atoms. The molecule has 2 aliphatic heterocycles. The van der Waals surface area contributed by atoms with E-state index in [-0.39, 0.29) is 5.88 Å². The second kappa shape index (κ2) is 10.1. The van der Waals surface area contributed by atoms with Gasteiger partial charge in [-0.25, -0.2) is 4.98 Å². The number of aromatic nitrogens is 2. The fourth-order valence-electron chi connectivity index (χ4n) is 6.29. The van der Waals surface area contributed by atoms with Crippen molar-refractivity contribution in [3.63, 3.8) is 0 Å². The quantitative estimate of drug-likeness (QED) is 0.488. The summed E-state index contributed by atoms with van der Waals surface area (Å²) in [4.78, 5) is 13.0. The van der Waals surface area contributed by atoms with Crippen molar-refractivity contribution in [3.05, 3.63) is 47.7 Å². The van der Waals surface area contributed by atoms with Crippen LogP contribution in [-0.4, -0.2) is 63.6 Å². The first-order valence-electron chi connectivity index (χ1n) is 13.3. The Balaban J connectivity index is 1.27. The van der Waals surface area contributed by atoms with Crippen LogP contribution in [0, 0.1) is 5.92 Å². The van der Waals surface area contributed by atoms with Crippen molar-refractivity contribution >= 4 is 10.9 Å². The van der Waals surface area contributed by atoms with Gasteiger partial charge in [0.05, 0.1) is 0 Å². The summed E-state index contributed by atoms with van der Waals surface area (Å²) in [5.74, 6) is 1.48. The van der Waals surface area contributed by atoms with E-state index >= 15 is 0 Å². The lowest BCUT2D eigenvalue weighted by Gasteiger charge is -2.42. The molecule has 5 heteroatoms. The number of aryl methyl sites for hydroxylation is 1. The van der Waals surface area contributed by atoms with Gasteiger partial charge >= 0.3 is 0 Å². The minimum absolute atomic E-state index is 0.0660. The van der Waals surface area contributed by atoms with Crippen LogP contribution in [0.4, 0.5) is 0 Å². The summed E-state index contributed by atoms with van der Waals surface area (Å²) >= 11 is 0. The monoisotopic (exact) mass is 460 g/mol. The van der Waals surface area contributed by atoms with E-state index in [1.807, 2.05) is 6.07 Å². The van der Waals surface area contributed by atoms with E-state index in [4.69, 9.17) is 0 Å². The molecule has 0 unspecified atom stereocenters. The van der Waals surface area contributed by atoms with E-state index < -0.39 is 0 Å². The van der Waals surface area contributed by atoms with Crippen LogP contribution in [0.2, 0.25) is 0 Å². The number of hydrogen-bond donors (Lipinski definition) is 2. The molecule has 4 heterocycles. The number of likely N-dealkylation sites (tertiary alicyclic amines) is 2. The first-order valence-corrected chi connectivity index (χ1v) is 13.3. The molecule has 2 saturated heterocycles. The smallest absolute Gasteiger partial charge is 0.211 e. The summed E-state index contributed by atoms with van der Waals surface area (Å²) in [5, 5.41) is 11.2. The zero-order valence-electron chi connectivity index (χ0n) is 21.1. The Labute approximate surface area is 204 Å². The Kier molecular flexibility index (Phi) is 6.94. The molecule has 0 bridgehead atoms. The Morgan fingerprint density at radius 3 is 2.47 bits per heavy atom. The Morgan fingerprint density at radius 1 is 1.03 bits per heavy atom. The minimum Gasteiger partial charge on any atom is -0.493 e. The van der Waals surface area contributed by atoms with Gasteiger partial charge < -0.3 is 19.9 Å². The number of H-pyrrole nitrogens is 1. The molecule has 0 aliphatic carbocycles. The number of hydrogen-bond acceptors (Lipinski definition) is 4. The number of pyridine rings is 1. The molecular weight excluding hydrogens is 420 g/mol. The summed E-state index contributed by atoms with van der Waals surface area (Å²) in [5.41, 5.74) is 6.09. The molecule has 2 aromatic heterocycles. The van der Waals surface area contributed by atoms with Crippen molar-refractivity contribution in [2.45, 2.75) is 64.8 Å². The maximum atomic E-state index is 9.86. The molecule has 2 N–H and O–H groups in total. The van der Waals surface area contributed by atoms with Gasteiger partial charge in [-0.3, -0.25) is 0 Å². The highest BCUT2D eigenvalue weighted by atomic mass is 16.3. The lowest BCUT2D eigenvalue weighted by Crippen LogP contribution is -2.48. The van der Waals surface area contributed by atoms with Gasteiger partial charge in [0, 0.05) is 47.0 Å². The number of fused-ring (bicyclic) bond motifs is 1. The second-order valence-corrected chi connectivity index (χ2v) is 10.8. The summed E-state index contributed by atoms with van der Waals surface area (Å²) in [7, 11) is 0. The van der Waals surface area contributed by atoms with E-state index in [2.05, 4.69) is 58.7 Å². The molecule has 2 fully saturated rings. The van der Waals surface area contributed by atoms with Crippen LogP contribution in [0.1, 0.15) is 63.5 Å². The van der Waals surface area contributed by atoms with Gasteiger partial charge in [-0.2, -0.15) is 0 Å². The van der Waals surface area contributed by atoms with Crippen molar-refractivity contribution in [3.8, 4) is 17.1 Å². The highest BCUT2D eigenvalue weighted by molar-refractivity contribution is 5.91. The average Bonchev–Trinajstić information content (AvgIpc) is 3.22. The lowest BCUT2D eigenvalue weighted by molar-refractivity contribution is 0.0828. The minimum atomic E-state index is 0.0660. The van der Waals surface area contributed by atoms with Gasteiger partial charge in [-0.15, -0.1) is 0 Å². The van der Waals surface area contributed by atoms with Gasteiger partial charge in [-0.05, 0) is 99.4 Å². The topological polar surface area (TPSA) is 55.4 Å². The predicted molar refractivity (Wildman–Crippen MR) is 140 cm³/mol. The van der Waals surface area contributed by atoms with Crippen LogP contribution in [0.5, 0.6) is 5.88 Å². The van der Waals surface area contributed by atoms with Gasteiger partial charge in [0.2, 0.25) is 5.88 Å². The largest absolute Gasteiger partial charge is 0.493 e. The fourth-order valence-corrected chi connectivity index (χ4v) is 6.29. The van der Waals surface area contributed by atoms with Crippen molar-refractivity contribution in [1.29, 1.82) is 0 Å². The summed E-state index contributed by atoms with van der Waals surface area (Å²) < 4.78 is 0. The third kappa shape index (κ3) is 4.87. The highest BCUT2D eigenvalue weighted by Crippen LogP contribution is 2.36. The van der Waals surface area contributed by atoms with Crippen molar-refractivity contribution in [1.82, 2.24) is 19.8 Å². The first kappa shape index (κ1) is 23.4. The summed E-state index contributed by atoms with van der Waals surface area (Å²) in [6.45, 7) is 13.1. The van der Waals surface area contributed by atoms with Crippen LogP contribution in [0.25, 0.3) is 22.2 Å². The van der Waals surface area contributed by atoms with Crippen molar-refractivity contribution in [2.24, 2.45) is 5.92 Å². The van der Waals surface area contributed by atoms with E-state index in [9.17, 15) is 5.11 Å². The van der Waals surface area contributed by atoms with Crippen molar-refractivity contribution in [2.75, 3.05) is 32.7 Å². The lowest BCUT2D eigenvalue weighted by atomic mass is 9.87. The van der Waals surface area contributed by atoms with E-state index in [1.54, 1.807) is 12.3 Å². The third-order valence-corrected chi connectivity index (χ3v) is 8.02. The Hall–Kier alpha value is -2.37. The van der Waals surface area contributed by atoms with Crippen LogP contribution in [0.3, 0.4) is 0 Å². The number of nitrogens with one attached hydrogen (secondary N) is 1. The Morgan fingerprint density at radius 2 is 1.79 bits per heavy atom. The summed E-state index contributed by atoms with van der Waals surface area (Å²) in [6.07, 6.45) is 7.81. The molecule has 5 nitrogen and oxygen atoms in total. The molecule has 182 valence electrons. The molecule has 1 aromatic carbocycles. The SMILES string of the molecule is CCc1c(-c2ccnc(O)c2)[nH]c2ccc(C3CCN(C4CCN(CC(C)C)CC4)CC3)cc12. The molecule has 0 radical (unpaired) electrons. The van der Waals surface area contributed by atoms with Gasteiger partial charge in [0.1, 0.15) is 0 Å². The zero-order valence-corrected chi connectivity index (χ0v) is 21.1. The highest BCUT2D eigenvalue weighted by Gasteiger charge is 2.29. The molecule has 0 amide bonds. The van der Waals surface area contributed by atoms with Gasteiger partial charge in [-0.1, -0.05) is 26.8 Å². The normalized spacial score (nSPS) is 19.4. The number of aromatic amines is 1. The molecule has 0 saturated carbocycles. The number of rotatable bonds is 6. The molecule has 0 atom stereocenters. The number of benzene rings is 1. The second-order valence-electron chi connectivity index (χ2n) is 10.8. The maximum Gasteiger partial charge on any atom is 0.211 e. The standard InChI is InChI=1S/C29H40N4O/c1-4-25-26-17-22(5-6-27(26)31-29(25)23-7-12-30-28(34)18-23)21-8-15-33(16-9-21)24-10-13-32(14-11-24)19-20(2)3/h5-7,12,17-18,20-21,24,31H,4,8-11,13-16,19H2,1-3H3,(H,30,34). The third-order valence-electron chi connectivity index (χ3n) is 8.02. The fraction of sp³-hybridized carbons (Fsp3) is 0.552. The number of piperidine rings is 2. The zero-order chi connectivity index (χ0) is 23.7. The van der Waals surface area contributed by atoms with Crippen LogP contribution >= 0.6 is 0 Å². The van der Waals surface area contributed by atoms with Crippen LogP contribution < -0.4 is 0 Å². The maximum absolute atomic E-state index is 9.86. The summed E-state index contributed by atoms with van der Waals surface area (Å²) in [6, 6.07) is 11.5. The molecule has 3 aromatic rings. The molecular formula is C29H40N4O. The number of aromatic hydroxyl groups is 1. The van der Waals surface area contributed by atoms with Crippen LogP contribution in [-0.2, 0) is 6.42 Å². The van der Waals surface area contributed by atoms with E-state index in [0.717, 1.165) is 29.6 Å². The van der Waals surface area contributed by atoms with E-state index in [1.165, 1.54) is 80.4 Å².